The highest BCUT2D eigenvalue weighted by Crippen LogP contribution is 2.40. The first kappa shape index (κ1) is 20.3. The number of phenols is 2. The quantitative estimate of drug-likeness (QED) is 0.552. The van der Waals surface area contributed by atoms with Crippen LogP contribution in [0.2, 0.25) is 0 Å². The van der Waals surface area contributed by atoms with Crippen LogP contribution in [0.3, 0.4) is 0 Å². The molecule has 156 valence electrons. The highest BCUT2D eigenvalue weighted by atomic mass is 16.3. The smallest absolute Gasteiger partial charge is 0.119 e. The predicted molar refractivity (Wildman–Crippen MR) is 120 cm³/mol. The van der Waals surface area contributed by atoms with Crippen molar-refractivity contribution in [2.75, 3.05) is 0 Å². The maximum Gasteiger partial charge on any atom is 0.119 e. The van der Waals surface area contributed by atoms with Crippen LogP contribution in [0.25, 0.3) is 0 Å². The lowest BCUT2D eigenvalue weighted by atomic mass is 9.82. The minimum atomic E-state index is 0.307. The molecule has 4 rings (SSSR count). The fourth-order valence-electron chi connectivity index (χ4n) is 5.57. The second-order valence-electron chi connectivity index (χ2n) is 9.49. The summed E-state index contributed by atoms with van der Waals surface area (Å²) in [5.74, 6) is 2.30. The Hall–Kier alpha value is -1.96. The summed E-state index contributed by atoms with van der Waals surface area (Å²) in [6.45, 7) is 2.21. The summed E-state index contributed by atoms with van der Waals surface area (Å²) in [4.78, 5) is 0. The van der Waals surface area contributed by atoms with Gasteiger partial charge in [0.25, 0.3) is 0 Å². The molecule has 2 heteroatoms. The first-order valence-electron chi connectivity index (χ1n) is 11.8. The Balaban J connectivity index is 1.44. The van der Waals surface area contributed by atoms with Gasteiger partial charge >= 0.3 is 0 Å². The van der Waals surface area contributed by atoms with Gasteiger partial charge in [0.15, 0.2) is 0 Å². The van der Waals surface area contributed by atoms with E-state index in [1.54, 1.807) is 0 Å². The van der Waals surface area contributed by atoms with Crippen molar-refractivity contribution in [3.8, 4) is 11.5 Å². The van der Waals surface area contributed by atoms with Crippen molar-refractivity contribution in [3.05, 3.63) is 58.7 Å². The van der Waals surface area contributed by atoms with Gasteiger partial charge in [-0.2, -0.15) is 0 Å². The van der Waals surface area contributed by atoms with E-state index < -0.39 is 0 Å². The molecule has 1 atom stereocenters. The molecule has 0 spiro atoms. The first-order valence-corrected chi connectivity index (χ1v) is 11.8. The summed E-state index contributed by atoms with van der Waals surface area (Å²) in [5, 5.41) is 21.3. The third-order valence-electron chi connectivity index (χ3n) is 7.35. The van der Waals surface area contributed by atoms with Crippen LogP contribution in [-0.2, 0) is 6.42 Å². The van der Waals surface area contributed by atoms with Crippen molar-refractivity contribution in [2.24, 2.45) is 0 Å². The zero-order valence-electron chi connectivity index (χ0n) is 17.9. The topological polar surface area (TPSA) is 40.5 Å². The van der Waals surface area contributed by atoms with Gasteiger partial charge in [-0.25, -0.2) is 0 Å². The van der Waals surface area contributed by atoms with E-state index in [-0.39, 0.29) is 0 Å². The minimum absolute atomic E-state index is 0.307. The summed E-state index contributed by atoms with van der Waals surface area (Å²) in [6, 6.07) is 12.6. The fourth-order valence-corrected chi connectivity index (χ4v) is 5.57. The molecule has 2 fully saturated rings. The van der Waals surface area contributed by atoms with Crippen LogP contribution in [0.5, 0.6) is 11.5 Å². The number of rotatable bonds is 5. The fraction of sp³-hybridized carbons (Fsp3) is 0.556. The molecule has 2 nitrogen and oxygen atoms in total. The number of benzene rings is 2. The maximum absolute atomic E-state index is 10.6. The molecular formula is C27H36O2. The van der Waals surface area contributed by atoms with E-state index in [0.717, 1.165) is 17.5 Å². The zero-order chi connectivity index (χ0) is 20.2. The standard InChI is InChI=1S/C27H36O2/c1-19(23-13-15-25(27(29)18-23)22-10-6-3-7-11-22)16-20-12-14-24(26(28)17-20)21-8-4-2-5-9-21/h12-15,17-19,21-22,28-29H,2-11,16H2,1H3. The zero-order valence-corrected chi connectivity index (χ0v) is 17.9. The van der Waals surface area contributed by atoms with E-state index in [1.165, 1.54) is 75.3 Å². The van der Waals surface area contributed by atoms with Crippen molar-refractivity contribution in [1.82, 2.24) is 0 Å². The molecule has 2 aromatic carbocycles. The average Bonchev–Trinajstić information content (AvgIpc) is 2.75. The van der Waals surface area contributed by atoms with E-state index in [2.05, 4.69) is 31.2 Å². The Morgan fingerprint density at radius 3 is 1.76 bits per heavy atom. The van der Waals surface area contributed by atoms with E-state index in [1.807, 2.05) is 12.1 Å². The number of phenolic OH excluding ortho intramolecular Hbond substituents is 2. The largest absolute Gasteiger partial charge is 0.508 e. The van der Waals surface area contributed by atoms with Crippen molar-refractivity contribution >= 4 is 0 Å². The van der Waals surface area contributed by atoms with Crippen LogP contribution in [0, 0.1) is 0 Å². The number of aromatic hydroxyl groups is 2. The third kappa shape index (κ3) is 4.79. The molecule has 0 aliphatic heterocycles. The summed E-state index contributed by atoms with van der Waals surface area (Å²) in [5.41, 5.74) is 4.62. The van der Waals surface area contributed by atoms with Gasteiger partial charge in [0.1, 0.15) is 11.5 Å². The lowest BCUT2D eigenvalue weighted by Gasteiger charge is -2.24. The lowest BCUT2D eigenvalue weighted by Crippen LogP contribution is -2.06. The molecule has 2 N–H and O–H groups in total. The summed E-state index contributed by atoms with van der Waals surface area (Å²) in [7, 11) is 0. The molecule has 1 unspecified atom stereocenters. The van der Waals surface area contributed by atoms with Crippen LogP contribution >= 0.6 is 0 Å². The Kier molecular flexibility index (Phi) is 6.47. The van der Waals surface area contributed by atoms with Crippen molar-refractivity contribution in [3.63, 3.8) is 0 Å². The van der Waals surface area contributed by atoms with Crippen LogP contribution in [-0.4, -0.2) is 10.2 Å². The van der Waals surface area contributed by atoms with E-state index in [9.17, 15) is 10.2 Å². The second-order valence-corrected chi connectivity index (χ2v) is 9.49. The van der Waals surface area contributed by atoms with E-state index in [0.29, 0.717) is 29.3 Å². The molecule has 0 saturated heterocycles. The van der Waals surface area contributed by atoms with Crippen LogP contribution in [0.4, 0.5) is 0 Å². The Morgan fingerprint density at radius 1 is 0.724 bits per heavy atom. The highest BCUT2D eigenvalue weighted by Gasteiger charge is 2.21. The second kappa shape index (κ2) is 9.24. The van der Waals surface area contributed by atoms with Crippen molar-refractivity contribution in [1.29, 1.82) is 0 Å². The highest BCUT2D eigenvalue weighted by molar-refractivity contribution is 5.42. The van der Waals surface area contributed by atoms with Crippen LogP contribution < -0.4 is 0 Å². The molecule has 29 heavy (non-hydrogen) atoms. The van der Waals surface area contributed by atoms with Gasteiger partial charge < -0.3 is 10.2 Å². The Bertz CT molecular complexity index is 813. The van der Waals surface area contributed by atoms with Crippen LogP contribution in [0.1, 0.15) is 111 Å². The van der Waals surface area contributed by atoms with Gasteiger partial charge in [-0.3, -0.25) is 0 Å². The van der Waals surface area contributed by atoms with Crippen molar-refractivity contribution in [2.45, 2.75) is 95.3 Å². The van der Waals surface area contributed by atoms with Gasteiger partial charge in [0, 0.05) is 0 Å². The molecule has 0 aromatic heterocycles. The Morgan fingerprint density at radius 2 is 1.24 bits per heavy atom. The molecular weight excluding hydrogens is 356 g/mol. The lowest BCUT2D eigenvalue weighted by molar-refractivity contribution is 0.413. The molecule has 0 bridgehead atoms. The third-order valence-corrected chi connectivity index (χ3v) is 7.35. The van der Waals surface area contributed by atoms with Crippen molar-refractivity contribution < 1.29 is 10.2 Å². The molecule has 2 saturated carbocycles. The van der Waals surface area contributed by atoms with Gasteiger partial charge in [-0.1, -0.05) is 69.7 Å². The monoisotopic (exact) mass is 392 g/mol. The summed E-state index contributed by atoms with van der Waals surface area (Å²) >= 11 is 0. The maximum atomic E-state index is 10.6. The summed E-state index contributed by atoms with van der Waals surface area (Å²) in [6.07, 6.45) is 13.5. The Labute approximate surface area is 176 Å². The minimum Gasteiger partial charge on any atom is -0.508 e. The molecule has 2 aromatic rings. The normalized spacial score (nSPS) is 19.9. The number of hydrogen-bond acceptors (Lipinski definition) is 2. The molecule has 0 amide bonds. The van der Waals surface area contributed by atoms with Gasteiger partial charge in [0.2, 0.25) is 0 Å². The molecule has 2 aliphatic carbocycles. The molecule has 2 aliphatic rings. The number of hydrogen-bond donors (Lipinski definition) is 2. The predicted octanol–water partition coefficient (Wildman–Crippen LogP) is 7.54. The van der Waals surface area contributed by atoms with Gasteiger partial charge in [-0.15, -0.1) is 0 Å². The first-order chi connectivity index (χ1) is 14.1. The molecule has 0 radical (unpaired) electrons. The summed E-state index contributed by atoms with van der Waals surface area (Å²) < 4.78 is 0. The molecule has 0 heterocycles. The average molecular weight is 393 g/mol. The van der Waals surface area contributed by atoms with Gasteiger partial charge in [-0.05, 0) is 84.2 Å². The van der Waals surface area contributed by atoms with E-state index in [4.69, 9.17) is 0 Å². The van der Waals surface area contributed by atoms with Gasteiger partial charge in [0.05, 0.1) is 0 Å². The van der Waals surface area contributed by atoms with E-state index >= 15 is 0 Å². The van der Waals surface area contributed by atoms with Crippen LogP contribution in [0.15, 0.2) is 36.4 Å². The SMILES string of the molecule is CC(Cc1ccc(C2CCCCC2)c(O)c1)c1ccc(C2CCCCC2)c(O)c1.